The van der Waals surface area contributed by atoms with Gasteiger partial charge < -0.3 is 0 Å². The van der Waals surface area contributed by atoms with Crippen LogP contribution in [0, 0.1) is 11.8 Å². The molecule has 33 heavy (non-hydrogen) atoms. The van der Waals surface area contributed by atoms with Crippen LogP contribution in [0.4, 0.5) is 0 Å². The van der Waals surface area contributed by atoms with Gasteiger partial charge in [0.1, 0.15) is 0 Å². The van der Waals surface area contributed by atoms with Gasteiger partial charge in [0.15, 0.2) is 0 Å². The van der Waals surface area contributed by atoms with Crippen LogP contribution in [-0.2, 0) is 38.4 Å². The van der Waals surface area contributed by atoms with E-state index in [1.165, 1.54) is 0 Å². The molecule has 0 aromatic carbocycles. The molecule has 0 spiro atoms. The minimum atomic E-state index is -0.148. The predicted octanol–water partition coefficient (Wildman–Crippen LogP) is -0.646. The van der Waals surface area contributed by atoms with Crippen molar-refractivity contribution in [2.24, 2.45) is 11.8 Å². The standard InChI is InChI=1S/2C6H9NO2.C5H7NO2.C4H5NO2/c1-4-2-3-5(8)7-6(4)9;1-2-4-3-5(8)7-6(4)9;7-4-2-1-3-5(8)6-4;6-3-1-2-4(7)5-3/h2*4H,2-3H2,1H3,(H,7,8,9);1-3H2,(H,6,7,8);1-2H2,(H,5,6,7). The molecular weight excluding hydrogens is 436 g/mol. The van der Waals surface area contributed by atoms with Gasteiger partial charge in [-0.15, -0.1) is 0 Å². The average Bonchev–Trinajstić information content (AvgIpc) is 3.28. The Balaban J connectivity index is 0.000000221. The Hall–Kier alpha value is -3.44. The van der Waals surface area contributed by atoms with Gasteiger partial charge in [0.2, 0.25) is 47.3 Å². The fraction of sp³-hybridized carbons (Fsp3) is 0.619. The Morgan fingerprint density at radius 3 is 1.33 bits per heavy atom. The van der Waals surface area contributed by atoms with Gasteiger partial charge in [0.25, 0.3) is 0 Å². The Morgan fingerprint density at radius 2 is 1.06 bits per heavy atom. The summed E-state index contributed by atoms with van der Waals surface area (Å²) in [5, 5.41) is 8.83. The molecule has 0 aromatic rings. The maximum Gasteiger partial charge on any atom is 0.230 e. The maximum absolute atomic E-state index is 10.7. The second kappa shape index (κ2) is 13.9. The van der Waals surface area contributed by atoms with Crippen LogP contribution in [0.2, 0.25) is 0 Å². The molecule has 4 N–H and O–H groups in total. The van der Waals surface area contributed by atoms with E-state index in [1.807, 2.05) is 13.8 Å². The van der Waals surface area contributed by atoms with E-state index in [-0.39, 0.29) is 59.1 Å². The van der Waals surface area contributed by atoms with E-state index >= 15 is 0 Å². The van der Waals surface area contributed by atoms with Gasteiger partial charge in [-0.05, 0) is 19.3 Å². The lowest BCUT2D eigenvalue weighted by Gasteiger charge is -2.15. The molecule has 4 aliphatic heterocycles. The van der Waals surface area contributed by atoms with E-state index in [2.05, 4.69) is 21.3 Å². The molecule has 4 fully saturated rings. The molecule has 4 saturated heterocycles. The molecule has 0 bridgehead atoms. The molecule has 2 atom stereocenters. The number of nitrogens with one attached hydrogen (secondary N) is 4. The van der Waals surface area contributed by atoms with Crippen LogP contribution in [0.1, 0.15) is 71.6 Å². The van der Waals surface area contributed by atoms with E-state index in [0.717, 1.165) is 6.42 Å². The highest BCUT2D eigenvalue weighted by Crippen LogP contribution is 2.13. The zero-order chi connectivity index (χ0) is 25.0. The van der Waals surface area contributed by atoms with E-state index in [0.29, 0.717) is 51.4 Å². The van der Waals surface area contributed by atoms with Crippen molar-refractivity contribution in [3.05, 3.63) is 0 Å². The number of hydrogen-bond donors (Lipinski definition) is 4. The first kappa shape index (κ1) is 27.6. The quantitative estimate of drug-likeness (QED) is 0.367. The fourth-order valence-corrected chi connectivity index (χ4v) is 2.94. The molecule has 12 nitrogen and oxygen atoms in total. The van der Waals surface area contributed by atoms with Crippen molar-refractivity contribution in [3.8, 4) is 0 Å². The highest BCUT2D eigenvalue weighted by molar-refractivity contribution is 6.03. The van der Waals surface area contributed by atoms with Crippen LogP contribution in [0.25, 0.3) is 0 Å². The summed E-state index contributed by atoms with van der Waals surface area (Å²) < 4.78 is 0. The molecule has 8 amide bonds. The monoisotopic (exact) mass is 466 g/mol. The third kappa shape index (κ3) is 11.1. The van der Waals surface area contributed by atoms with Gasteiger partial charge in [-0.3, -0.25) is 59.6 Å². The molecule has 0 saturated carbocycles. The molecule has 0 aliphatic carbocycles. The molecule has 0 aromatic heterocycles. The number of hydrogen-bond acceptors (Lipinski definition) is 8. The first-order chi connectivity index (χ1) is 15.5. The molecule has 4 aliphatic rings. The van der Waals surface area contributed by atoms with Crippen LogP contribution >= 0.6 is 0 Å². The summed E-state index contributed by atoms with van der Waals surface area (Å²) in [7, 11) is 0. The van der Waals surface area contributed by atoms with Gasteiger partial charge in [-0.25, -0.2) is 0 Å². The third-order valence-electron chi connectivity index (χ3n) is 5.02. The number of carbonyl (C=O) groups is 8. The average molecular weight is 466 g/mol. The van der Waals surface area contributed by atoms with Crippen LogP contribution < -0.4 is 21.3 Å². The highest BCUT2D eigenvalue weighted by atomic mass is 16.2. The van der Waals surface area contributed by atoms with Crippen molar-refractivity contribution in [1.29, 1.82) is 0 Å². The summed E-state index contributed by atoms with van der Waals surface area (Å²) in [4.78, 5) is 83.3. The summed E-state index contributed by atoms with van der Waals surface area (Å²) in [6.07, 6.45) is 4.81. The van der Waals surface area contributed by atoms with Crippen LogP contribution in [0.5, 0.6) is 0 Å². The number of amides is 8. The topological polar surface area (TPSA) is 185 Å². The lowest BCUT2D eigenvalue weighted by Crippen LogP contribution is -2.39. The molecule has 0 radical (unpaired) electrons. The van der Waals surface area contributed by atoms with Crippen molar-refractivity contribution >= 4 is 47.3 Å². The fourth-order valence-electron chi connectivity index (χ4n) is 2.94. The maximum atomic E-state index is 10.7. The third-order valence-corrected chi connectivity index (χ3v) is 5.02. The molecule has 182 valence electrons. The van der Waals surface area contributed by atoms with Gasteiger partial charge in [0.05, 0.1) is 0 Å². The second-order valence-corrected chi connectivity index (χ2v) is 7.87. The Kier molecular flexibility index (Phi) is 11.6. The van der Waals surface area contributed by atoms with E-state index in [4.69, 9.17) is 0 Å². The smallest absolute Gasteiger partial charge is 0.230 e. The van der Waals surface area contributed by atoms with E-state index in [9.17, 15) is 38.4 Å². The summed E-state index contributed by atoms with van der Waals surface area (Å²) in [5.74, 6) is -1.13. The first-order valence-electron chi connectivity index (χ1n) is 10.8. The first-order valence-corrected chi connectivity index (χ1v) is 10.8. The lowest BCUT2D eigenvalue weighted by atomic mass is 10.0. The van der Waals surface area contributed by atoms with Gasteiger partial charge in [0, 0.05) is 50.4 Å². The van der Waals surface area contributed by atoms with Crippen molar-refractivity contribution in [2.45, 2.75) is 71.6 Å². The zero-order valence-corrected chi connectivity index (χ0v) is 18.8. The van der Waals surface area contributed by atoms with E-state index < -0.39 is 0 Å². The molecular formula is C21H30N4O8. The van der Waals surface area contributed by atoms with Crippen molar-refractivity contribution < 1.29 is 38.4 Å². The van der Waals surface area contributed by atoms with Crippen LogP contribution in [0.3, 0.4) is 0 Å². The Bertz CT molecular complexity index is 791. The minimum Gasteiger partial charge on any atom is -0.296 e. The molecule has 12 heteroatoms. The van der Waals surface area contributed by atoms with Gasteiger partial charge >= 0.3 is 0 Å². The molecule has 4 rings (SSSR count). The van der Waals surface area contributed by atoms with Crippen molar-refractivity contribution in [3.63, 3.8) is 0 Å². The summed E-state index contributed by atoms with van der Waals surface area (Å²) >= 11 is 0. The summed E-state index contributed by atoms with van der Waals surface area (Å²) in [6.45, 7) is 3.73. The van der Waals surface area contributed by atoms with Crippen LogP contribution in [0.15, 0.2) is 0 Å². The normalized spacial score (nSPS) is 24.1. The number of piperidine rings is 2. The van der Waals surface area contributed by atoms with E-state index in [1.54, 1.807) is 0 Å². The summed E-state index contributed by atoms with van der Waals surface area (Å²) in [6, 6.07) is 0. The zero-order valence-electron chi connectivity index (χ0n) is 18.8. The molecule has 4 heterocycles. The number of imide groups is 4. The number of rotatable bonds is 1. The Labute approximate surface area is 191 Å². The molecule has 2 unspecified atom stereocenters. The van der Waals surface area contributed by atoms with Crippen molar-refractivity contribution in [2.75, 3.05) is 0 Å². The SMILES string of the molecule is CC1CCC(=O)NC1=O.CCC1CC(=O)NC1=O.O=C1CCC(=O)N1.O=C1CCCC(=O)N1. The minimum absolute atomic E-state index is 0.0164. The lowest BCUT2D eigenvalue weighted by molar-refractivity contribution is -0.136. The van der Waals surface area contributed by atoms with Gasteiger partial charge in [-0.2, -0.15) is 0 Å². The highest BCUT2D eigenvalue weighted by Gasteiger charge is 2.28. The van der Waals surface area contributed by atoms with Crippen LogP contribution in [-0.4, -0.2) is 47.3 Å². The summed E-state index contributed by atoms with van der Waals surface area (Å²) in [5.41, 5.74) is 0. The van der Waals surface area contributed by atoms with Gasteiger partial charge in [-0.1, -0.05) is 13.8 Å². The van der Waals surface area contributed by atoms with Crippen molar-refractivity contribution in [1.82, 2.24) is 21.3 Å². The predicted molar refractivity (Wildman–Crippen MR) is 112 cm³/mol. The number of carbonyl (C=O) groups excluding carboxylic acids is 8. The Morgan fingerprint density at radius 1 is 0.606 bits per heavy atom. The second-order valence-electron chi connectivity index (χ2n) is 7.87. The largest absolute Gasteiger partial charge is 0.296 e.